The molecule has 0 unspecified atom stereocenters. The Hall–Kier alpha value is -0.870. The van der Waals surface area contributed by atoms with Gasteiger partial charge in [0.2, 0.25) is 5.88 Å². The van der Waals surface area contributed by atoms with Crippen LogP contribution in [0.25, 0.3) is 0 Å². The molecule has 0 saturated heterocycles. The predicted molar refractivity (Wildman–Crippen MR) is 70.4 cm³/mol. The normalized spacial score (nSPS) is 10.1. The van der Waals surface area contributed by atoms with Gasteiger partial charge in [-0.05, 0) is 49.6 Å². The molecular formula is C12H9Br2NO. The average molecular weight is 343 g/mol. The van der Waals surface area contributed by atoms with Crippen molar-refractivity contribution in [3.05, 3.63) is 57.1 Å². The van der Waals surface area contributed by atoms with Crippen LogP contribution in [0, 0.1) is 0 Å². The lowest BCUT2D eigenvalue weighted by molar-refractivity contribution is 0.291. The smallest absolute Gasteiger partial charge is 0.229 e. The van der Waals surface area contributed by atoms with Gasteiger partial charge in [-0.2, -0.15) is 0 Å². The van der Waals surface area contributed by atoms with Crippen LogP contribution in [-0.2, 0) is 6.61 Å². The molecule has 16 heavy (non-hydrogen) atoms. The highest BCUT2D eigenvalue weighted by Gasteiger charge is 2.03. The summed E-state index contributed by atoms with van der Waals surface area (Å²) in [6, 6.07) is 13.8. The van der Waals surface area contributed by atoms with Crippen LogP contribution in [0.2, 0.25) is 0 Å². The molecule has 0 aliphatic heterocycles. The Kier molecular flexibility index (Phi) is 3.96. The van der Waals surface area contributed by atoms with Crippen molar-refractivity contribution in [1.29, 1.82) is 0 Å². The minimum atomic E-state index is 0.517. The molecular weight excluding hydrogens is 334 g/mol. The maximum absolute atomic E-state index is 5.62. The first-order valence-corrected chi connectivity index (χ1v) is 6.33. The van der Waals surface area contributed by atoms with Gasteiger partial charge >= 0.3 is 0 Å². The van der Waals surface area contributed by atoms with Crippen molar-refractivity contribution >= 4 is 31.9 Å². The molecule has 1 aromatic heterocycles. The summed E-state index contributed by atoms with van der Waals surface area (Å²) in [4.78, 5) is 4.24. The predicted octanol–water partition coefficient (Wildman–Crippen LogP) is 4.19. The molecule has 0 radical (unpaired) electrons. The molecule has 0 bridgehead atoms. The van der Waals surface area contributed by atoms with Gasteiger partial charge in [0.1, 0.15) is 11.2 Å². The van der Waals surface area contributed by atoms with E-state index >= 15 is 0 Å². The third-order valence-electron chi connectivity index (χ3n) is 2.00. The molecule has 0 spiro atoms. The molecule has 0 N–H and O–H groups in total. The SMILES string of the molecule is Brc1ccc(Br)c(OCc2ccccc2)n1. The van der Waals surface area contributed by atoms with Crippen LogP contribution in [0.4, 0.5) is 0 Å². The second-order valence-corrected chi connectivity index (χ2v) is 4.86. The second kappa shape index (κ2) is 5.46. The van der Waals surface area contributed by atoms with Gasteiger partial charge in [0.15, 0.2) is 0 Å². The van der Waals surface area contributed by atoms with Gasteiger partial charge in [0.05, 0.1) is 4.47 Å². The zero-order valence-corrected chi connectivity index (χ0v) is 11.5. The number of benzene rings is 1. The molecule has 82 valence electrons. The Morgan fingerprint density at radius 2 is 1.75 bits per heavy atom. The van der Waals surface area contributed by atoms with E-state index in [2.05, 4.69) is 36.8 Å². The van der Waals surface area contributed by atoms with Crippen LogP contribution in [0.15, 0.2) is 51.5 Å². The van der Waals surface area contributed by atoms with E-state index in [4.69, 9.17) is 4.74 Å². The van der Waals surface area contributed by atoms with Crippen molar-refractivity contribution in [1.82, 2.24) is 4.98 Å². The van der Waals surface area contributed by atoms with Gasteiger partial charge in [-0.15, -0.1) is 0 Å². The van der Waals surface area contributed by atoms with Crippen LogP contribution in [0.1, 0.15) is 5.56 Å². The topological polar surface area (TPSA) is 22.1 Å². The Morgan fingerprint density at radius 1 is 1.00 bits per heavy atom. The molecule has 0 saturated carbocycles. The Labute approximate surface area is 111 Å². The molecule has 1 aromatic carbocycles. The monoisotopic (exact) mass is 341 g/mol. The molecule has 2 aromatic rings. The van der Waals surface area contributed by atoms with Crippen molar-refractivity contribution in [3.63, 3.8) is 0 Å². The van der Waals surface area contributed by atoms with Crippen molar-refractivity contribution in [3.8, 4) is 5.88 Å². The minimum Gasteiger partial charge on any atom is -0.472 e. The third-order valence-corrected chi connectivity index (χ3v) is 3.04. The van der Waals surface area contributed by atoms with Gasteiger partial charge < -0.3 is 4.74 Å². The lowest BCUT2D eigenvalue weighted by Gasteiger charge is -2.07. The summed E-state index contributed by atoms with van der Waals surface area (Å²) in [7, 11) is 0. The zero-order chi connectivity index (χ0) is 11.4. The van der Waals surface area contributed by atoms with E-state index in [0.717, 1.165) is 14.6 Å². The molecule has 0 amide bonds. The van der Waals surface area contributed by atoms with Crippen molar-refractivity contribution in [2.24, 2.45) is 0 Å². The number of halogens is 2. The molecule has 0 aliphatic rings. The molecule has 0 fully saturated rings. The van der Waals surface area contributed by atoms with Crippen molar-refractivity contribution in [2.45, 2.75) is 6.61 Å². The Bertz CT molecular complexity index is 474. The average Bonchev–Trinajstić information content (AvgIpc) is 2.32. The minimum absolute atomic E-state index is 0.517. The number of rotatable bonds is 3. The summed E-state index contributed by atoms with van der Waals surface area (Å²) in [5.41, 5.74) is 1.12. The number of ether oxygens (including phenoxy) is 1. The Balaban J connectivity index is 2.08. The van der Waals surface area contributed by atoms with E-state index in [0.29, 0.717) is 12.5 Å². The lowest BCUT2D eigenvalue weighted by atomic mass is 10.2. The van der Waals surface area contributed by atoms with Crippen LogP contribution in [0.3, 0.4) is 0 Å². The maximum Gasteiger partial charge on any atom is 0.229 e. The van der Waals surface area contributed by atoms with Gasteiger partial charge in [-0.25, -0.2) is 4.98 Å². The molecule has 0 aliphatic carbocycles. The fourth-order valence-corrected chi connectivity index (χ4v) is 1.86. The van der Waals surface area contributed by atoms with Gasteiger partial charge in [-0.3, -0.25) is 0 Å². The van der Waals surface area contributed by atoms with E-state index in [1.165, 1.54) is 0 Å². The number of nitrogens with zero attached hydrogens (tertiary/aromatic N) is 1. The largest absolute Gasteiger partial charge is 0.472 e. The summed E-state index contributed by atoms with van der Waals surface area (Å²) in [6.45, 7) is 0.517. The summed E-state index contributed by atoms with van der Waals surface area (Å²) in [6.07, 6.45) is 0. The van der Waals surface area contributed by atoms with E-state index in [-0.39, 0.29) is 0 Å². The van der Waals surface area contributed by atoms with Gasteiger partial charge in [-0.1, -0.05) is 30.3 Å². The standard InChI is InChI=1S/C12H9Br2NO/c13-10-6-7-11(14)15-12(10)16-8-9-4-2-1-3-5-9/h1-7H,8H2. The highest BCUT2D eigenvalue weighted by atomic mass is 79.9. The highest BCUT2D eigenvalue weighted by molar-refractivity contribution is 9.11. The first kappa shape index (κ1) is 11.6. The maximum atomic E-state index is 5.62. The van der Waals surface area contributed by atoms with Crippen LogP contribution in [-0.4, -0.2) is 4.98 Å². The van der Waals surface area contributed by atoms with E-state index < -0.39 is 0 Å². The molecule has 2 nitrogen and oxygen atoms in total. The molecule has 1 heterocycles. The fourth-order valence-electron chi connectivity index (χ4n) is 1.23. The first-order valence-electron chi connectivity index (χ1n) is 4.74. The second-order valence-electron chi connectivity index (χ2n) is 3.20. The zero-order valence-electron chi connectivity index (χ0n) is 8.36. The van der Waals surface area contributed by atoms with Gasteiger partial charge in [0.25, 0.3) is 0 Å². The van der Waals surface area contributed by atoms with E-state index in [9.17, 15) is 0 Å². The molecule has 4 heteroatoms. The molecule has 0 atom stereocenters. The number of hydrogen-bond donors (Lipinski definition) is 0. The van der Waals surface area contributed by atoms with Crippen LogP contribution in [0.5, 0.6) is 5.88 Å². The number of aromatic nitrogens is 1. The van der Waals surface area contributed by atoms with Crippen molar-refractivity contribution < 1.29 is 4.74 Å². The first-order chi connectivity index (χ1) is 7.75. The molecule has 2 rings (SSSR count). The van der Waals surface area contributed by atoms with Crippen LogP contribution >= 0.6 is 31.9 Å². The van der Waals surface area contributed by atoms with E-state index in [1.54, 1.807) is 0 Å². The van der Waals surface area contributed by atoms with Crippen LogP contribution < -0.4 is 4.74 Å². The summed E-state index contributed by atoms with van der Waals surface area (Å²) in [5, 5.41) is 0. The Morgan fingerprint density at radius 3 is 2.50 bits per heavy atom. The quantitative estimate of drug-likeness (QED) is 0.780. The third kappa shape index (κ3) is 3.06. The number of pyridine rings is 1. The lowest BCUT2D eigenvalue weighted by Crippen LogP contribution is -1.97. The summed E-state index contributed by atoms with van der Waals surface area (Å²) in [5.74, 6) is 0.596. The number of hydrogen-bond acceptors (Lipinski definition) is 2. The van der Waals surface area contributed by atoms with E-state index in [1.807, 2.05) is 42.5 Å². The van der Waals surface area contributed by atoms with Crippen molar-refractivity contribution in [2.75, 3.05) is 0 Å². The fraction of sp³-hybridized carbons (Fsp3) is 0.0833. The van der Waals surface area contributed by atoms with Gasteiger partial charge in [0, 0.05) is 0 Å². The summed E-state index contributed by atoms with van der Waals surface area (Å²) < 4.78 is 7.23. The summed E-state index contributed by atoms with van der Waals surface area (Å²) >= 11 is 6.71. The highest BCUT2D eigenvalue weighted by Crippen LogP contribution is 2.25.